The highest BCUT2D eigenvalue weighted by Crippen LogP contribution is 2.35. The zero-order valence-corrected chi connectivity index (χ0v) is 15.2. The number of ether oxygens (including phenoxy) is 1. The predicted molar refractivity (Wildman–Crippen MR) is 102 cm³/mol. The van der Waals surface area contributed by atoms with E-state index in [2.05, 4.69) is 10.4 Å². The molecule has 0 aliphatic carbocycles. The highest BCUT2D eigenvalue weighted by molar-refractivity contribution is 5.96. The fraction of sp³-hybridized carbons (Fsp3) is 0.190. The third-order valence-corrected chi connectivity index (χ3v) is 4.86. The van der Waals surface area contributed by atoms with Gasteiger partial charge in [-0.2, -0.15) is 5.10 Å². The van der Waals surface area contributed by atoms with Crippen LogP contribution >= 0.6 is 0 Å². The summed E-state index contributed by atoms with van der Waals surface area (Å²) in [6.07, 6.45) is 0. The van der Waals surface area contributed by atoms with E-state index in [1.54, 1.807) is 24.3 Å². The summed E-state index contributed by atoms with van der Waals surface area (Å²) in [7, 11) is 0. The molecule has 3 aromatic rings. The highest BCUT2D eigenvalue weighted by atomic mass is 16.5. The smallest absolute Gasteiger partial charge is 0.356 e. The van der Waals surface area contributed by atoms with Gasteiger partial charge >= 0.3 is 5.97 Å². The number of amides is 1. The van der Waals surface area contributed by atoms with E-state index in [0.717, 1.165) is 11.3 Å². The van der Waals surface area contributed by atoms with Gasteiger partial charge in [-0.05, 0) is 25.1 Å². The van der Waals surface area contributed by atoms with Gasteiger partial charge in [-0.1, -0.05) is 36.4 Å². The highest BCUT2D eigenvalue weighted by Gasteiger charge is 2.30. The monoisotopic (exact) mass is 377 g/mol. The summed E-state index contributed by atoms with van der Waals surface area (Å²) in [5, 5.41) is 16.3. The fourth-order valence-corrected chi connectivity index (χ4v) is 3.40. The Labute approximate surface area is 161 Å². The molecule has 0 saturated carbocycles. The minimum absolute atomic E-state index is 0.0205. The zero-order chi connectivity index (χ0) is 19.7. The molecule has 7 heteroatoms. The van der Waals surface area contributed by atoms with Crippen molar-refractivity contribution < 1.29 is 19.4 Å². The molecule has 1 aliphatic rings. The molecule has 0 saturated heterocycles. The minimum atomic E-state index is -1.19. The number of carbonyl (C=O) groups is 2. The van der Waals surface area contributed by atoms with Gasteiger partial charge in [-0.3, -0.25) is 4.79 Å². The van der Waals surface area contributed by atoms with Crippen molar-refractivity contribution in [3.63, 3.8) is 0 Å². The second kappa shape index (κ2) is 7.19. The summed E-state index contributed by atoms with van der Waals surface area (Å²) in [5.41, 5.74) is 1.65. The standard InChI is InChI=1S/C21H19N3O4/c1-13(16-12-28-19-10-6-5-9-15(16)19)22-20(25)18-11-17(21(26)27)23-24(18)14-7-3-2-4-8-14/h2-11,13,16H,12H2,1H3,(H,22,25)(H,26,27)/t13-,16+/m0/s1. The summed E-state index contributed by atoms with van der Waals surface area (Å²) < 4.78 is 7.05. The first-order valence-corrected chi connectivity index (χ1v) is 8.96. The molecule has 0 spiro atoms. The van der Waals surface area contributed by atoms with Gasteiger partial charge in [0.05, 0.1) is 12.3 Å². The maximum Gasteiger partial charge on any atom is 0.356 e. The molecule has 28 heavy (non-hydrogen) atoms. The van der Waals surface area contributed by atoms with Crippen LogP contribution in [-0.4, -0.2) is 39.4 Å². The Bertz CT molecular complexity index is 1030. The van der Waals surface area contributed by atoms with Crippen LogP contribution in [-0.2, 0) is 0 Å². The minimum Gasteiger partial charge on any atom is -0.493 e. The van der Waals surface area contributed by atoms with Crippen molar-refractivity contribution in [1.29, 1.82) is 0 Å². The van der Waals surface area contributed by atoms with Crippen LogP contribution in [0.15, 0.2) is 60.7 Å². The SMILES string of the molecule is C[C@H](NC(=O)c1cc(C(=O)O)nn1-c1ccccc1)[C@H]1COc2ccccc21. The van der Waals surface area contributed by atoms with Gasteiger partial charge in [0.2, 0.25) is 0 Å². The summed E-state index contributed by atoms with van der Waals surface area (Å²) >= 11 is 0. The van der Waals surface area contributed by atoms with E-state index in [4.69, 9.17) is 4.74 Å². The molecular weight excluding hydrogens is 358 g/mol. The summed E-state index contributed by atoms with van der Waals surface area (Å²) in [5.74, 6) is -0.723. The number of carbonyl (C=O) groups excluding carboxylic acids is 1. The van der Waals surface area contributed by atoms with Crippen molar-refractivity contribution in [2.75, 3.05) is 6.61 Å². The number of carboxylic acids is 1. The molecule has 2 atom stereocenters. The number of nitrogens with one attached hydrogen (secondary N) is 1. The number of hydrogen-bond donors (Lipinski definition) is 2. The molecule has 2 N–H and O–H groups in total. The Morgan fingerprint density at radius 1 is 1.18 bits per heavy atom. The first-order chi connectivity index (χ1) is 13.5. The van der Waals surface area contributed by atoms with Crippen LogP contribution in [0.1, 0.15) is 39.4 Å². The number of hydrogen-bond acceptors (Lipinski definition) is 4. The first-order valence-electron chi connectivity index (χ1n) is 8.96. The number of carboxylic acid groups (broad SMARTS) is 1. The lowest BCUT2D eigenvalue weighted by Crippen LogP contribution is -2.38. The molecule has 0 unspecified atom stereocenters. The molecular formula is C21H19N3O4. The quantitative estimate of drug-likeness (QED) is 0.713. The van der Waals surface area contributed by atoms with Crippen molar-refractivity contribution in [2.24, 2.45) is 0 Å². The summed E-state index contributed by atoms with van der Waals surface area (Å²) in [4.78, 5) is 24.3. The molecule has 7 nitrogen and oxygen atoms in total. The van der Waals surface area contributed by atoms with Gasteiger partial charge in [0.1, 0.15) is 11.4 Å². The number of fused-ring (bicyclic) bond motifs is 1. The molecule has 1 amide bonds. The number of nitrogens with zero attached hydrogens (tertiary/aromatic N) is 2. The summed E-state index contributed by atoms with van der Waals surface area (Å²) in [6.45, 7) is 2.40. The molecule has 0 bridgehead atoms. The van der Waals surface area contributed by atoms with Gasteiger partial charge in [-0.25, -0.2) is 9.48 Å². The number of aromatic carboxylic acids is 1. The lowest BCUT2D eigenvalue weighted by atomic mass is 9.94. The van der Waals surface area contributed by atoms with E-state index >= 15 is 0 Å². The third kappa shape index (κ3) is 3.22. The topological polar surface area (TPSA) is 93.5 Å². The van der Waals surface area contributed by atoms with Crippen LogP contribution in [0.5, 0.6) is 5.75 Å². The van der Waals surface area contributed by atoms with Crippen LogP contribution in [0, 0.1) is 0 Å². The molecule has 2 aromatic carbocycles. The Balaban J connectivity index is 1.61. The van der Waals surface area contributed by atoms with E-state index in [1.165, 1.54) is 10.7 Å². The molecule has 0 fully saturated rings. The number of benzene rings is 2. The molecule has 142 valence electrons. The van der Waals surface area contributed by atoms with Gasteiger partial charge < -0.3 is 15.2 Å². The van der Waals surface area contributed by atoms with E-state index in [1.807, 2.05) is 37.3 Å². The molecule has 4 rings (SSSR count). The molecule has 2 heterocycles. The van der Waals surface area contributed by atoms with E-state index in [0.29, 0.717) is 12.3 Å². The fourth-order valence-electron chi connectivity index (χ4n) is 3.40. The van der Waals surface area contributed by atoms with Gasteiger partial charge in [0, 0.05) is 23.6 Å². The Kier molecular flexibility index (Phi) is 4.57. The van der Waals surface area contributed by atoms with Crippen LogP contribution < -0.4 is 10.1 Å². The molecule has 0 radical (unpaired) electrons. The van der Waals surface area contributed by atoms with Crippen LogP contribution in [0.4, 0.5) is 0 Å². The van der Waals surface area contributed by atoms with Crippen LogP contribution in [0.2, 0.25) is 0 Å². The van der Waals surface area contributed by atoms with Gasteiger partial charge in [0.15, 0.2) is 5.69 Å². The van der Waals surface area contributed by atoms with Gasteiger partial charge in [0.25, 0.3) is 5.91 Å². The molecule has 1 aliphatic heterocycles. The third-order valence-electron chi connectivity index (χ3n) is 4.86. The van der Waals surface area contributed by atoms with Crippen LogP contribution in [0.3, 0.4) is 0 Å². The van der Waals surface area contributed by atoms with Crippen LogP contribution in [0.25, 0.3) is 5.69 Å². The maximum absolute atomic E-state index is 12.9. The predicted octanol–water partition coefficient (Wildman–Crippen LogP) is 2.87. The summed E-state index contributed by atoms with van der Waals surface area (Å²) in [6, 6.07) is 17.8. The molecule has 1 aromatic heterocycles. The largest absolute Gasteiger partial charge is 0.493 e. The van der Waals surface area contributed by atoms with Crippen molar-refractivity contribution in [1.82, 2.24) is 15.1 Å². The second-order valence-corrected chi connectivity index (χ2v) is 6.68. The normalized spacial score (nSPS) is 16.1. The van der Waals surface area contributed by atoms with Crippen molar-refractivity contribution in [3.8, 4) is 11.4 Å². The van der Waals surface area contributed by atoms with Crippen molar-refractivity contribution >= 4 is 11.9 Å². The number of para-hydroxylation sites is 2. The Morgan fingerprint density at radius 2 is 1.89 bits per heavy atom. The van der Waals surface area contributed by atoms with Gasteiger partial charge in [-0.15, -0.1) is 0 Å². The lowest BCUT2D eigenvalue weighted by molar-refractivity contribution is 0.0689. The Hall–Kier alpha value is -3.61. The van der Waals surface area contributed by atoms with E-state index in [-0.39, 0.29) is 29.3 Å². The van der Waals surface area contributed by atoms with Crippen molar-refractivity contribution in [3.05, 3.63) is 77.6 Å². The number of aromatic nitrogens is 2. The number of rotatable bonds is 5. The zero-order valence-electron chi connectivity index (χ0n) is 15.2. The maximum atomic E-state index is 12.9. The Morgan fingerprint density at radius 3 is 2.64 bits per heavy atom. The lowest BCUT2D eigenvalue weighted by Gasteiger charge is -2.20. The second-order valence-electron chi connectivity index (χ2n) is 6.68. The first kappa shape index (κ1) is 17.8. The average molecular weight is 377 g/mol. The van der Waals surface area contributed by atoms with E-state index in [9.17, 15) is 14.7 Å². The van der Waals surface area contributed by atoms with Crippen molar-refractivity contribution in [2.45, 2.75) is 18.9 Å². The average Bonchev–Trinajstić information content (AvgIpc) is 3.33. The van der Waals surface area contributed by atoms with E-state index < -0.39 is 5.97 Å².